The molecule has 0 saturated carbocycles. The fraction of sp³-hybridized carbons (Fsp3) is 0.231. The maximum absolute atomic E-state index is 14.4. The molecule has 0 fully saturated rings. The van der Waals surface area contributed by atoms with Gasteiger partial charge in [-0.05, 0) is 48.9 Å². The zero-order chi connectivity index (χ0) is 27.9. The van der Waals surface area contributed by atoms with Crippen LogP contribution in [0.15, 0.2) is 71.6 Å². The number of hydrogen-bond donors (Lipinski definition) is 3. The van der Waals surface area contributed by atoms with Gasteiger partial charge in [0.05, 0.1) is 22.5 Å². The minimum atomic E-state index is -5.15. The predicted molar refractivity (Wildman–Crippen MR) is 134 cm³/mol. The van der Waals surface area contributed by atoms with Gasteiger partial charge in [0.1, 0.15) is 0 Å². The topological polar surface area (TPSA) is 122 Å². The number of aliphatic hydroxyl groups excluding tert-OH is 1. The molecule has 0 aliphatic rings. The van der Waals surface area contributed by atoms with Crippen molar-refractivity contribution in [2.24, 2.45) is 0 Å². The summed E-state index contributed by atoms with van der Waals surface area (Å²) in [6.07, 6.45) is -4.11. The van der Waals surface area contributed by atoms with Crippen LogP contribution in [0.3, 0.4) is 0 Å². The lowest BCUT2D eigenvalue weighted by Gasteiger charge is -2.31. The first kappa shape index (κ1) is 27.3. The monoisotopic (exact) mass is 547 g/mol. The van der Waals surface area contributed by atoms with Gasteiger partial charge in [-0.3, -0.25) is 4.79 Å². The number of amides is 1. The van der Waals surface area contributed by atoms with Crippen LogP contribution in [-0.4, -0.2) is 46.5 Å². The Balaban J connectivity index is 1.78. The highest BCUT2D eigenvalue weighted by Gasteiger charge is 2.59. The van der Waals surface area contributed by atoms with Crippen LogP contribution in [-0.2, 0) is 28.6 Å². The van der Waals surface area contributed by atoms with Crippen molar-refractivity contribution in [2.75, 3.05) is 11.6 Å². The Bertz CT molecular complexity index is 1620. The number of carbonyl (C=O) groups excluding carboxylic acids is 1. The van der Waals surface area contributed by atoms with Crippen LogP contribution in [0.4, 0.5) is 18.9 Å². The number of halogens is 3. The predicted octanol–water partition coefficient (Wildman–Crippen LogP) is 4.00. The summed E-state index contributed by atoms with van der Waals surface area (Å²) in [6.45, 7) is 1.21. The number of aliphatic hydroxyl groups is 2. The molecule has 1 atom stereocenters. The van der Waals surface area contributed by atoms with E-state index in [2.05, 4.69) is 10.3 Å². The number of hydrogen-bond acceptors (Lipinski definition) is 6. The molecule has 0 spiro atoms. The van der Waals surface area contributed by atoms with Gasteiger partial charge in [-0.25, -0.2) is 13.4 Å². The van der Waals surface area contributed by atoms with Crippen LogP contribution in [0.25, 0.3) is 11.0 Å². The van der Waals surface area contributed by atoms with Gasteiger partial charge >= 0.3 is 6.18 Å². The lowest BCUT2D eigenvalue weighted by Crippen LogP contribution is -2.45. The second-order valence-corrected chi connectivity index (χ2v) is 10.7. The molecule has 1 amide bonds. The van der Waals surface area contributed by atoms with E-state index >= 15 is 0 Å². The molecule has 3 N–H and O–H groups in total. The molecule has 1 heterocycles. The third-order valence-corrected chi connectivity index (χ3v) is 7.25. The Labute approximate surface area is 216 Å². The largest absolute Gasteiger partial charge is 0.428 e. The van der Waals surface area contributed by atoms with Crippen molar-refractivity contribution < 1.29 is 36.6 Å². The Morgan fingerprint density at radius 3 is 2.32 bits per heavy atom. The molecule has 1 unspecified atom stereocenters. The van der Waals surface area contributed by atoms with E-state index in [9.17, 15) is 36.6 Å². The maximum atomic E-state index is 14.4. The van der Waals surface area contributed by atoms with Crippen LogP contribution in [0.1, 0.15) is 34.2 Å². The van der Waals surface area contributed by atoms with E-state index in [1.54, 1.807) is 6.92 Å². The van der Waals surface area contributed by atoms with Gasteiger partial charge in [-0.1, -0.05) is 30.3 Å². The summed E-state index contributed by atoms with van der Waals surface area (Å²) >= 11 is 0. The van der Waals surface area contributed by atoms with Crippen molar-refractivity contribution in [3.8, 4) is 0 Å². The summed E-state index contributed by atoms with van der Waals surface area (Å²) < 4.78 is 68.0. The molecular weight excluding hydrogens is 523 g/mol. The van der Waals surface area contributed by atoms with E-state index in [0.717, 1.165) is 18.4 Å². The van der Waals surface area contributed by atoms with E-state index in [1.165, 1.54) is 59.2 Å². The summed E-state index contributed by atoms with van der Waals surface area (Å²) in [7, 11) is -3.50. The van der Waals surface area contributed by atoms with Gasteiger partial charge in [0, 0.05) is 29.6 Å². The SMILES string of the molecule is CCn1c(C(O)(c2ccc(CO)cc2)C(F)(F)F)nc2ccc(C(=O)Nc3cccc(S(C)(=O)=O)c3)cc21. The average molecular weight is 548 g/mol. The number of fused-ring (bicyclic) bond motifs is 1. The molecule has 12 heteroatoms. The smallest absolute Gasteiger partial charge is 0.392 e. The lowest BCUT2D eigenvalue weighted by molar-refractivity contribution is -0.252. The summed E-state index contributed by atoms with van der Waals surface area (Å²) in [5.41, 5.74) is -2.94. The third kappa shape index (κ3) is 4.89. The first-order chi connectivity index (χ1) is 17.8. The zero-order valence-corrected chi connectivity index (χ0v) is 21.1. The van der Waals surface area contributed by atoms with Gasteiger partial charge in [0.15, 0.2) is 15.7 Å². The number of nitrogens with one attached hydrogen (secondary N) is 1. The standard InChI is InChI=1S/C26H24F3N3O5S/c1-3-32-22-13-17(23(34)30-19-5-4-6-20(14-19)38(2,36)37)9-12-21(22)31-24(32)25(35,26(27,28)29)18-10-7-16(15-33)8-11-18/h4-14,33,35H,3,15H2,1-2H3,(H,30,34). The fourth-order valence-electron chi connectivity index (χ4n) is 4.14. The first-order valence-corrected chi connectivity index (χ1v) is 13.3. The Morgan fingerprint density at radius 1 is 1.05 bits per heavy atom. The van der Waals surface area contributed by atoms with E-state index < -0.39 is 38.9 Å². The van der Waals surface area contributed by atoms with E-state index in [1.807, 2.05) is 0 Å². The highest BCUT2D eigenvalue weighted by Crippen LogP contribution is 2.44. The minimum Gasteiger partial charge on any atom is -0.392 e. The Kier molecular flexibility index (Phi) is 7.08. The number of alkyl halides is 3. The van der Waals surface area contributed by atoms with Crippen LogP contribution in [0.5, 0.6) is 0 Å². The van der Waals surface area contributed by atoms with E-state index in [-0.39, 0.29) is 40.3 Å². The molecule has 0 radical (unpaired) electrons. The van der Waals surface area contributed by atoms with Gasteiger partial charge in [0.2, 0.25) is 5.60 Å². The van der Waals surface area contributed by atoms with Crippen LogP contribution < -0.4 is 5.32 Å². The molecule has 8 nitrogen and oxygen atoms in total. The van der Waals surface area contributed by atoms with Crippen molar-refractivity contribution in [3.63, 3.8) is 0 Å². The number of carbonyl (C=O) groups is 1. The van der Waals surface area contributed by atoms with Crippen molar-refractivity contribution in [3.05, 3.63) is 89.2 Å². The molecule has 0 aliphatic heterocycles. The molecule has 200 valence electrons. The first-order valence-electron chi connectivity index (χ1n) is 11.4. The minimum absolute atomic E-state index is 0.000421. The second kappa shape index (κ2) is 9.86. The Morgan fingerprint density at radius 2 is 1.74 bits per heavy atom. The molecule has 0 saturated heterocycles. The number of sulfone groups is 1. The van der Waals surface area contributed by atoms with E-state index in [4.69, 9.17) is 0 Å². The summed E-state index contributed by atoms with van der Waals surface area (Å²) in [4.78, 5) is 17.0. The molecule has 0 bridgehead atoms. The third-order valence-electron chi connectivity index (χ3n) is 6.13. The molecule has 0 aliphatic carbocycles. The number of anilines is 1. The number of aromatic nitrogens is 2. The van der Waals surface area contributed by atoms with Crippen molar-refractivity contribution >= 4 is 32.5 Å². The normalized spacial score (nSPS) is 13.9. The number of nitrogens with zero attached hydrogens (tertiary/aromatic N) is 2. The van der Waals surface area contributed by atoms with Crippen molar-refractivity contribution in [1.82, 2.24) is 9.55 Å². The Hall–Kier alpha value is -3.74. The van der Waals surface area contributed by atoms with Crippen LogP contribution in [0, 0.1) is 0 Å². The zero-order valence-electron chi connectivity index (χ0n) is 20.3. The van der Waals surface area contributed by atoms with Crippen molar-refractivity contribution in [2.45, 2.75) is 36.7 Å². The number of aryl methyl sites for hydroxylation is 1. The number of benzene rings is 3. The highest BCUT2D eigenvalue weighted by atomic mass is 32.2. The maximum Gasteiger partial charge on any atom is 0.428 e. The number of rotatable bonds is 7. The summed E-state index contributed by atoms with van der Waals surface area (Å²) in [5.74, 6) is -1.29. The quantitative estimate of drug-likeness (QED) is 0.322. The second-order valence-electron chi connectivity index (χ2n) is 8.70. The number of imidazole rings is 1. The molecular formula is C26H24F3N3O5S. The summed E-state index contributed by atoms with van der Waals surface area (Å²) in [6, 6.07) is 14.5. The van der Waals surface area contributed by atoms with Crippen LogP contribution in [0.2, 0.25) is 0 Å². The van der Waals surface area contributed by atoms with Crippen molar-refractivity contribution in [1.29, 1.82) is 0 Å². The molecule has 4 rings (SSSR count). The lowest BCUT2D eigenvalue weighted by atomic mass is 9.91. The van der Waals surface area contributed by atoms with E-state index in [0.29, 0.717) is 5.56 Å². The van der Waals surface area contributed by atoms with Gasteiger partial charge < -0.3 is 20.1 Å². The molecule has 3 aromatic carbocycles. The summed E-state index contributed by atoms with van der Waals surface area (Å²) in [5, 5.41) is 23.0. The average Bonchev–Trinajstić information content (AvgIpc) is 3.25. The molecule has 1 aromatic heterocycles. The highest BCUT2D eigenvalue weighted by molar-refractivity contribution is 7.90. The van der Waals surface area contributed by atoms with Gasteiger partial charge in [0.25, 0.3) is 5.91 Å². The van der Waals surface area contributed by atoms with Gasteiger partial charge in [-0.15, -0.1) is 0 Å². The molecule has 38 heavy (non-hydrogen) atoms. The molecule has 4 aromatic rings. The fourth-order valence-corrected chi connectivity index (χ4v) is 4.81. The van der Waals surface area contributed by atoms with Crippen LogP contribution >= 0.6 is 0 Å². The van der Waals surface area contributed by atoms with Gasteiger partial charge in [-0.2, -0.15) is 13.2 Å².